The molecule has 2 bridgehead atoms. The summed E-state index contributed by atoms with van der Waals surface area (Å²) in [5.41, 5.74) is 2.04. The number of esters is 1. The molecule has 1 N–H and O–H groups in total. The van der Waals surface area contributed by atoms with Crippen molar-refractivity contribution in [1.82, 2.24) is 10.2 Å². The Morgan fingerprint density at radius 1 is 1.04 bits per heavy atom. The molecular weight excluding hydrogens is 582 g/mol. The van der Waals surface area contributed by atoms with E-state index in [0.29, 0.717) is 43.5 Å². The minimum Gasteiger partial charge on any atom is -0.465 e. The van der Waals surface area contributed by atoms with E-state index in [2.05, 4.69) is 5.32 Å². The van der Waals surface area contributed by atoms with Gasteiger partial charge >= 0.3 is 12.1 Å². The molecule has 0 unspecified atom stereocenters. The van der Waals surface area contributed by atoms with Crippen molar-refractivity contribution >= 4 is 23.7 Å². The zero-order valence-electron chi connectivity index (χ0n) is 25.8. The Balaban J connectivity index is 1.21. The van der Waals surface area contributed by atoms with E-state index in [1.165, 1.54) is 31.4 Å². The van der Waals surface area contributed by atoms with Gasteiger partial charge in [0.05, 0.1) is 43.0 Å². The summed E-state index contributed by atoms with van der Waals surface area (Å²) < 4.78 is 22.4. The molecule has 4 aliphatic rings. The number of piperidine rings is 1. The van der Waals surface area contributed by atoms with E-state index in [-0.39, 0.29) is 35.5 Å². The van der Waals surface area contributed by atoms with Gasteiger partial charge in [-0.3, -0.25) is 14.9 Å². The average Bonchev–Trinajstić information content (AvgIpc) is 3.09. The molecule has 3 aliphatic heterocycles. The van der Waals surface area contributed by atoms with E-state index in [4.69, 9.17) is 18.9 Å². The number of alkyl carbamates (subject to hydrolysis) is 1. The van der Waals surface area contributed by atoms with Crippen LogP contribution in [0.1, 0.15) is 72.9 Å². The summed E-state index contributed by atoms with van der Waals surface area (Å²) in [5.74, 6) is -0.394. The average molecular weight is 624 g/mol. The summed E-state index contributed by atoms with van der Waals surface area (Å²) in [5, 5.41) is 13.7. The molecule has 6 rings (SSSR count). The van der Waals surface area contributed by atoms with Crippen LogP contribution < -0.4 is 5.32 Å². The molecule has 2 atom stereocenters. The number of nitrogens with zero attached hydrogens (tertiary/aromatic N) is 2. The van der Waals surface area contributed by atoms with Gasteiger partial charge in [0.2, 0.25) is 5.91 Å². The lowest BCUT2D eigenvalue weighted by Crippen LogP contribution is -2.56. The number of nitro groups is 1. The predicted octanol–water partition coefficient (Wildman–Crippen LogP) is 4.75. The van der Waals surface area contributed by atoms with Gasteiger partial charge in [-0.15, -0.1) is 0 Å². The highest BCUT2D eigenvalue weighted by Crippen LogP contribution is 2.43. The molecule has 2 aromatic carbocycles. The third-order valence-electron chi connectivity index (χ3n) is 9.41. The minimum absolute atomic E-state index is 0.0573. The third-order valence-corrected chi connectivity index (χ3v) is 9.41. The van der Waals surface area contributed by atoms with Crippen LogP contribution in [0.5, 0.6) is 0 Å². The van der Waals surface area contributed by atoms with Crippen molar-refractivity contribution in [1.29, 1.82) is 0 Å². The Hall–Kier alpha value is -4.03. The fourth-order valence-corrected chi connectivity index (χ4v) is 6.45. The monoisotopic (exact) mass is 623 g/mol. The van der Waals surface area contributed by atoms with Crippen LogP contribution in [-0.2, 0) is 30.3 Å². The van der Waals surface area contributed by atoms with E-state index in [1.807, 2.05) is 12.1 Å². The number of rotatable bonds is 11. The van der Waals surface area contributed by atoms with Gasteiger partial charge in [0.15, 0.2) is 0 Å². The molecule has 2 aromatic rings. The summed E-state index contributed by atoms with van der Waals surface area (Å²) in [6.07, 6.45) is 4.45. The molecule has 12 nitrogen and oxygen atoms in total. The summed E-state index contributed by atoms with van der Waals surface area (Å²) in [6.45, 7) is 3.77. The van der Waals surface area contributed by atoms with Gasteiger partial charge in [-0.25, -0.2) is 9.59 Å². The number of fused-ring (bicyclic) bond motifs is 3. The predicted molar refractivity (Wildman–Crippen MR) is 163 cm³/mol. The first-order valence-electron chi connectivity index (χ1n) is 15.5. The van der Waals surface area contributed by atoms with Gasteiger partial charge in [0.25, 0.3) is 5.69 Å². The maximum absolute atomic E-state index is 13.9. The highest BCUT2D eigenvalue weighted by molar-refractivity contribution is 5.89. The molecule has 12 heteroatoms. The maximum Gasteiger partial charge on any atom is 0.408 e. The molecule has 0 aromatic heterocycles. The van der Waals surface area contributed by atoms with Gasteiger partial charge in [-0.2, -0.15) is 0 Å². The van der Waals surface area contributed by atoms with E-state index in [9.17, 15) is 24.5 Å². The van der Waals surface area contributed by atoms with Crippen molar-refractivity contribution in [2.75, 3.05) is 33.4 Å². The Labute approximate surface area is 262 Å². The molecule has 4 fully saturated rings. The number of hydrogen-bond donors (Lipinski definition) is 1. The van der Waals surface area contributed by atoms with Crippen molar-refractivity contribution in [2.24, 2.45) is 5.41 Å². The Kier molecular flexibility index (Phi) is 10.3. The summed E-state index contributed by atoms with van der Waals surface area (Å²) in [6, 6.07) is 12.1. The topological polar surface area (TPSA) is 147 Å². The van der Waals surface area contributed by atoms with Gasteiger partial charge in [0, 0.05) is 30.6 Å². The summed E-state index contributed by atoms with van der Waals surface area (Å²) in [4.78, 5) is 50.8. The Morgan fingerprint density at radius 2 is 1.71 bits per heavy atom. The minimum atomic E-state index is -0.970. The number of nitro benzene ring substituents is 1. The van der Waals surface area contributed by atoms with E-state index < -0.39 is 23.2 Å². The number of carbonyl (C=O) groups is 3. The number of nitrogens with one attached hydrogen (secondary N) is 1. The van der Waals surface area contributed by atoms with Gasteiger partial charge in [-0.05, 0) is 86.8 Å². The van der Waals surface area contributed by atoms with Crippen LogP contribution in [0.25, 0.3) is 0 Å². The number of hydrogen-bond acceptors (Lipinski definition) is 9. The normalized spacial score (nSPS) is 22.7. The Morgan fingerprint density at radius 3 is 2.29 bits per heavy atom. The van der Waals surface area contributed by atoms with Gasteiger partial charge < -0.3 is 29.2 Å². The summed E-state index contributed by atoms with van der Waals surface area (Å²) >= 11 is 0. The van der Waals surface area contributed by atoms with Crippen LogP contribution in [0, 0.1) is 15.5 Å². The van der Waals surface area contributed by atoms with Crippen LogP contribution in [0.15, 0.2) is 48.5 Å². The Bertz CT molecular complexity index is 1330. The lowest BCUT2D eigenvalue weighted by Gasteiger charge is -2.46. The fourth-order valence-electron chi connectivity index (χ4n) is 6.45. The van der Waals surface area contributed by atoms with Crippen LogP contribution in [0.4, 0.5) is 10.5 Å². The van der Waals surface area contributed by atoms with Gasteiger partial charge in [-0.1, -0.05) is 12.1 Å². The lowest BCUT2D eigenvalue weighted by molar-refractivity contribution is -0.384. The fraction of sp³-hybridized carbons (Fsp3) is 0.545. The molecular formula is C33H41N3O9. The number of benzene rings is 2. The molecule has 1 saturated carbocycles. The van der Waals surface area contributed by atoms with Crippen molar-refractivity contribution in [3.05, 3.63) is 75.3 Å². The second-order valence-electron chi connectivity index (χ2n) is 12.4. The second-order valence-corrected chi connectivity index (χ2v) is 12.4. The number of methoxy groups -OCH3 is 1. The molecule has 45 heavy (non-hydrogen) atoms. The molecule has 3 saturated heterocycles. The quantitative estimate of drug-likeness (QED) is 0.213. The summed E-state index contributed by atoms with van der Waals surface area (Å²) in [7, 11) is 1.35. The molecule has 2 amide bonds. The van der Waals surface area contributed by atoms with E-state index >= 15 is 0 Å². The first-order valence-corrected chi connectivity index (χ1v) is 15.5. The zero-order chi connectivity index (χ0) is 32.0. The SMILES string of the molecule is COC(=O)c1ccc(C2CCN(C(=O)[C@@H](NC(=O)OCc3ccc([N+](=O)[O-])cc3)[C@@H](C)OCC34CCC(CC3)OC4)CC2)cc1. The lowest BCUT2D eigenvalue weighted by atomic mass is 9.72. The maximum atomic E-state index is 13.9. The molecule has 242 valence electrons. The number of likely N-dealkylation sites (tertiary alicyclic amines) is 1. The largest absolute Gasteiger partial charge is 0.465 e. The third kappa shape index (κ3) is 7.98. The van der Waals surface area contributed by atoms with Crippen molar-refractivity contribution < 1.29 is 38.3 Å². The molecule has 0 radical (unpaired) electrons. The van der Waals surface area contributed by atoms with Crippen LogP contribution >= 0.6 is 0 Å². The number of non-ortho nitro benzene ring substituents is 1. The van der Waals surface area contributed by atoms with E-state index in [1.54, 1.807) is 24.0 Å². The number of ether oxygens (including phenoxy) is 4. The molecule has 3 heterocycles. The van der Waals surface area contributed by atoms with Crippen molar-refractivity contribution in [2.45, 2.75) is 76.2 Å². The smallest absolute Gasteiger partial charge is 0.408 e. The van der Waals surface area contributed by atoms with Crippen LogP contribution in [0.2, 0.25) is 0 Å². The first kappa shape index (κ1) is 32.4. The second kappa shape index (κ2) is 14.4. The number of amides is 2. The zero-order valence-corrected chi connectivity index (χ0v) is 25.8. The molecule has 1 aliphatic carbocycles. The van der Waals surface area contributed by atoms with Crippen LogP contribution in [-0.4, -0.2) is 79.5 Å². The highest BCUT2D eigenvalue weighted by Gasteiger charge is 2.43. The van der Waals surface area contributed by atoms with Gasteiger partial charge in [0.1, 0.15) is 12.6 Å². The van der Waals surface area contributed by atoms with Crippen molar-refractivity contribution in [3.8, 4) is 0 Å². The number of carbonyl (C=O) groups excluding carboxylic acids is 3. The first-order chi connectivity index (χ1) is 21.7. The van der Waals surface area contributed by atoms with Crippen LogP contribution in [0.3, 0.4) is 0 Å². The van der Waals surface area contributed by atoms with Crippen molar-refractivity contribution in [3.63, 3.8) is 0 Å². The van der Waals surface area contributed by atoms with E-state index in [0.717, 1.165) is 44.1 Å². The highest BCUT2D eigenvalue weighted by atomic mass is 16.6. The molecule has 0 spiro atoms. The standard InChI is InChI=1S/C33H41N3O9/c1-22(44-20-33-15-11-28(12-16-33)45-21-33)29(34-32(39)43-19-23-3-9-27(10-4-23)36(40)41)30(37)35-17-13-25(14-18-35)24-5-7-26(8-6-24)31(38)42-2/h3-10,22,25,28-29H,11-21H2,1-2H3,(H,34,39)/t22-,28?,29+,33?/m1/s1.